The van der Waals surface area contributed by atoms with Gasteiger partial charge in [-0.3, -0.25) is 14.9 Å². The number of aryl methyl sites for hydroxylation is 1. The van der Waals surface area contributed by atoms with E-state index in [0.29, 0.717) is 30.5 Å². The van der Waals surface area contributed by atoms with Crippen molar-refractivity contribution in [3.8, 4) is 0 Å². The number of nitro groups is 1. The van der Waals surface area contributed by atoms with Gasteiger partial charge in [-0.05, 0) is 31.4 Å². The van der Waals surface area contributed by atoms with Gasteiger partial charge < -0.3 is 10.0 Å². The van der Waals surface area contributed by atoms with Gasteiger partial charge in [-0.15, -0.1) is 0 Å². The maximum Gasteiger partial charge on any atom is 0.326 e. The molecule has 7 nitrogen and oxygen atoms in total. The standard InChI is InChI=1S/C13H14N2O5/c1-8-7-9(15(19)20)4-5-10(8)12(16)14-6-2-3-11(14)13(17)18/h4-5,7,11H,2-3,6H2,1H3,(H,17,18)/t11-/m0/s1. The molecule has 0 radical (unpaired) electrons. The van der Waals surface area contributed by atoms with Gasteiger partial charge in [-0.25, -0.2) is 4.79 Å². The molecule has 1 aromatic carbocycles. The summed E-state index contributed by atoms with van der Waals surface area (Å²) in [4.78, 5) is 34.9. The van der Waals surface area contributed by atoms with Crippen LogP contribution in [0, 0.1) is 17.0 Å². The zero-order chi connectivity index (χ0) is 14.9. The highest BCUT2D eigenvalue weighted by atomic mass is 16.6. The molecule has 1 aliphatic rings. The Morgan fingerprint density at radius 2 is 2.15 bits per heavy atom. The molecule has 20 heavy (non-hydrogen) atoms. The van der Waals surface area contributed by atoms with Crippen molar-refractivity contribution in [2.24, 2.45) is 0 Å². The molecule has 1 amide bonds. The quantitative estimate of drug-likeness (QED) is 0.668. The minimum Gasteiger partial charge on any atom is -0.480 e. The lowest BCUT2D eigenvalue weighted by atomic mass is 10.1. The van der Waals surface area contributed by atoms with E-state index < -0.39 is 16.9 Å². The second kappa shape index (κ2) is 5.28. The summed E-state index contributed by atoms with van der Waals surface area (Å²) in [5.74, 6) is -1.40. The smallest absolute Gasteiger partial charge is 0.326 e. The van der Waals surface area contributed by atoms with E-state index in [-0.39, 0.29) is 11.6 Å². The number of hydrogen-bond acceptors (Lipinski definition) is 4. The van der Waals surface area contributed by atoms with E-state index in [1.165, 1.54) is 23.1 Å². The summed E-state index contributed by atoms with van der Waals surface area (Å²) in [6, 6.07) is 3.15. The highest BCUT2D eigenvalue weighted by Crippen LogP contribution is 2.23. The van der Waals surface area contributed by atoms with E-state index in [1.54, 1.807) is 6.92 Å². The van der Waals surface area contributed by atoms with Crippen molar-refractivity contribution >= 4 is 17.6 Å². The molecule has 7 heteroatoms. The Balaban J connectivity index is 2.29. The molecule has 1 fully saturated rings. The van der Waals surface area contributed by atoms with Crippen LogP contribution < -0.4 is 0 Å². The molecule has 0 unspecified atom stereocenters. The number of carbonyl (C=O) groups is 2. The summed E-state index contributed by atoms with van der Waals surface area (Å²) >= 11 is 0. The predicted molar refractivity (Wildman–Crippen MR) is 69.5 cm³/mol. The zero-order valence-electron chi connectivity index (χ0n) is 10.9. The predicted octanol–water partition coefficient (Wildman–Crippen LogP) is 1.59. The molecule has 1 atom stereocenters. The molecular formula is C13H14N2O5. The third-order valence-electron chi connectivity index (χ3n) is 3.45. The topological polar surface area (TPSA) is 101 Å². The van der Waals surface area contributed by atoms with E-state index in [0.717, 1.165) is 0 Å². The van der Waals surface area contributed by atoms with E-state index in [1.807, 2.05) is 0 Å². The molecule has 0 aromatic heterocycles. The number of carbonyl (C=O) groups excluding carboxylic acids is 1. The van der Waals surface area contributed by atoms with Crippen LogP contribution in [0.3, 0.4) is 0 Å². The highest BCUT2D eigenvalue weighted by molar-refractivity contribution is 5.98. The summed E-state index contributed by atoms with van der Waals surface area (Å²) in [5, 5.41) is 19.7. The number of non-ortho nitro benzene ring substituents is 1. The van der Waals surface area contributed by atoms with E-state index in [9.17, 15) is 19.7 Å². The van der Waals surface area contributed by atoms with Crippen LogP contribution in [0.1, 0.15) is 28.8 Å². The molecule has 1 aromatic rings. The fourth-order valence-corrected chi connectivity index (χ4v) is 2.42. The minimum absolute atomic E-state index is 0.0877. The lowest BCUT2D eigenvalue weighted by molar-refractivity contribution is -0.384. The number of nitrogens with zero attached hydrogens (tertiary/aromatic N) is 2. The largest absolute Gasteiger partial charge is 0.480 e. The molecule has 1 saturated heterocycles. The van der Waals surface area contributed by atoms with Crippen LogP contribution in [0.4, 0.5) is 5.69 Å². The molecular weight excluding hydrogens is 264 g/mol. The molecule has 2 rings (SSSR count). The molecule has 1 N–H and O–H groups in total. The van der Waals surface area contributed by atoms with Gasteiger partial charge >= 0.3 is 5.97 Å². The number of aliphatic carboxylic acids is 1. The third-order valence-corrected chi connectivity index (χ3v) is 3.45. The van der Waals surface area contributed by atoms with Crippen molar-refractivity contribution in [2.75, 3.05) is 6.54 Å². The van der Waals surface area contributed by atoms with Gasteiger partial charge in [0.05, 0.1) is 4.92 Å². The van der Waals surface area contributed by atoms with Crippen molar-refractivity contribution in [2.45, 2.75) is 25.8 Å². The van der Waals surface area contributed by atoms with Gasteiger partial charge in [0, 0.05) is 24.2 Å². The van der Waals surface area contributed by atoms with E-state index >= 15 is 0 Å². The molecule has 0 bridgehead atoms. The maximum absolute atomic E-state index is 12.4. The van der Waals surface area contributed by atoms with Crippen molar-refractivity contribution in [1.82, 2.24) is 4.90 Å². The molecule has 1 aliphatic heterocycles. The van der Waals surface area contributed by atoms with Crippen molar-refractivity contribution in [3.63, 3.8) is 0 Å². The maximum atomic E-state index is 12.4. The summed E-state index contributed by atoms with van der Waals surface area (Å²) in [7, 11) is 0. The summed E-state index contributed by atoms with van der Waals surface area (Å²) < 4.78 is 0. The number of carboxylic acids is 1. The van der Waals surface area contributed by atoms with Gasteiger partial charge in [-0.2, -0.15) is 0 Å². The molecule has 0 saturated carbocycles. The second-order valence-corrected chi connectivity index (χ2v) is 4.75. The highest BCUT2D eigenvalue weighted by Gasteiger charge is 2.34. The Labute approximate surface area is 115 Å². The van der Waals surface area contributed by atoms with Gasteiger partial charge in [0.2, 0.25) is 0 Å². The normalized spacial score (nSPS) is 18.1. The fraction of sp³-hybridized carbons (Fsp3) is 0.385. The second-order valence-electron chi connectivity index (χ2n) is 4.75. The van der Waals surface area contributed by atoms with Crippen molar-refractivity contribution in [3.05, 3.63) is 39.4 Å². The summed E-state index contributed by atoms with van der Waals surface area (Å²) in [6.45, 7) is 2.00. The first-order chi connectivity index (χ1) is 9.41. The molecule has 1 heterocycles. The lowest BCUT2D eigenvalue weighted by Crippen LogP contribution is -2.40. The van der Waals surface area contributed by atoms with Crippen LogP contribution in [0.15, 0.2) is 18.2 Å². The number of nitro benzene ring substituents is 1. The van der Waals surface area contributed by atoms with E-state index in [2.05, 4.69) is 0 Å². The fourth-order valence-electron chi connectivity index (χ4n) is 2.42. The van der Waals surface area contributed by atoms with Crippen LogP contribution in [0.2, 0.25) is 0 Å². The van der Waals surface area contributed by atoms with Gasteiger partial charge in [0.15, 0.2) is 0 Å². The van der Waals surface area contributed by atoms with Crippen LogP contribution in [0.5, 0.6) is 0 Å². The summed E-state index contributed by atoms with van der Waals surface area (Å²) in [6.07, 6.45) is 1.09. The number of likely N-dealkylation sites (tertiary alicyclic amines) is 1. The molecule has 0 aliphatic carbocycles. The monoisotopic (exact) mass is 278 g/mol. The Morgan fingerprint density at radius 1 is 1.45 bits per heavy atom. The third kappa shape index (κ3) is 2.47. The number of hydrogen-bond donors (Lipinski definition) is 1. The number of rotatable bonds is 3. The number of benzene rings is 1. The van der Waals surface area contributed by atoms with Crippen molar-refractivity contribution in [1.29, 1.82) is 0 Å². The van der Waals surface area contributed by atoms with Crippen molar-refractivity contribution < 1.29 is 19.6 Å². The Hall–Kier alpha value is -2.44. The Morgan fingerprint density at radius 3 is 2.70 bits per heavy atom. The van der Waals surface area contributed by atoms with Crippen LogP contribution in [-0.4, -0.2) is 39.4 Å². The summed E-state index contributed by atoms with van der Waals surface area (Å²) in [5.41, 5.74) is 0.694. The number of carboxylic acid groups (broad SMARTS) is 1. The Bertz CT molecular complexity index is 584. The van der Waals surface area contributed by atoms with Crippen LogP contribution in [-0.2, 0) is 4.79 Å². The van der Waals surface area contributed by atoms with Gasteiger partial charge in [0.25, 0.3) is 11.6 Å². The average molecular weight is 278 g/mol. The SMILES string of the molecule is Cc1cc([N+](=O)[O-])ccc1C(=O)N1CCC[C@H]1C(=O)O. The first-order valence-corrected chi connectivity index (χ1v) is 6.20. The van der Waals surface area contributed by atoms with Crippen LogP contribution in [0.25, 0.3) is 0 Å². The van der Waals surface area contributed by atoms with E-state index in [4.69, 9.17) is 5.11 Å². The van der Waals surface area contributed by atoms with Gasteiger partial charge in [0.1, 0.15) is 6.04 Å². The first-order valence-electron chi connectivity index (χ1n) is 6.20. The number of amides is 1. The molecule has 106 valence electrons. The minimum atomic E-state index is -1.02. The van der Waals surface area contributed by atoms with Crippen LogP contribution >= 0.6 is 0 Å². The first kappa shape index (κ1) is 14.0. The lowest BCUT2D eigenvalue weighted by Gasteiger charge is -2.22. The van der Waals surface area contributed by atoms with Gasteiger partial charge in [-0.1, -0.05) is 0 Å². The average Bonchev–Trinajstić information content (AvgIpc) is 2.87. The Kier molecular flexibility index (Phi) is 3.69. The molecule has 0 spiro atoms. The zero-order valence-corrected chi connectivity index (χ0v) is 10.9.